The normalized spacial score (nSPS) is 19.0. The van der Waals surface area contributed by atoms with Gasteiger partial charge in [0.25, 0.3) is 5.91 Å². The molecule has 1 saturated carbocycles. The van der Waals surface area contributed by atoms with E-state index in [1.165, 1.54) is 26.2 Å². The first-order valence-electron chi connectivity index (χ1n) is 12.0. The molecule has 36 heavy (non-hydrogen) atoms. The monoisotopic (exact) mass is 494 g/mol. The summed E-state index contributed by atoms with van der Waals surface area (Å²) in [6, 6.07) is 9.40. The van der Waals surface area contributed by atoms with Crippen molar-refractivity contribution in [2.75, 3.05) is 19.0 Å². The average Bonchev–Trinajstić information content (AvgIpc) is 3.29. The molecule has 0 spiro atoms. The van der Waals surface area contributed by atoms with Gasteiger partial charge in [-0.2, -0.15) is 10.4 Å². The number of carbonyl (C=O) groups is 1. The van der Waals surface area contributed by atoms with Crippen LogP contribution in [0.15, 0.2) is 36.7 Å². The maximum atomic E-state index is 14.3. The second-order valence-corrected chi connectivity index (χ2v) is 9.72. The van der Waals surface area contributed by atoms with Crippen LogP contribution in [0.3, 0.4) is 0 Å². The highest BCUT2D eigenvalue weighted by Crippen LogP contribution is 2.29. The van der Waals surface area contributed by atoms with E-state index in [1.807, 2.05) is 12.1 Å². The van der Waals surface area contributed by atoms with Crippen LogP contribution < -0.4 is 10.6 Å². The van der Waals surface area contributed by atoms with Crippen LogP contribution in [-0.4, -0.2) is 63.2 Å². The molecule has 9 nitrogen and oxygen atoms in total. The summed E-state index contributed by atoms with van der Waals surface area (Å²) in [7, 11) is 1.70. The molecule has 1 aliphatic carbocycles. The van der Waals surface area contributed by atoms with Crippen LogP contribution in [0, 0.1) is 11.3 Å². The minimum Gasteiger partial charge on any atom is -0.387 e. The van der Waals surface area contributed by atoms with Gasteiger partial charge >= 0.3 is 0 Å². The number of aromatic nitrogens is 3. The molecule has 0 radical (unpaired) electrons. The lowest BCUT2D eigenvalue weighted by Crippen LogP contribution is -2.42. The summed E-state index contributed by atoms with van der Waals surface area (Å²) in [6.07, 6.45) is 5.18. The molecule has 3 heterocycles. The van der Waals surface area contributed by atoms with Crippen LogP contribution in [0.5, 0.6) is 0 Å². The van der Waals surface area contributed by atoms with E-state index >= 15 is 0 Å². The summed E-state index contributed by atoms with van der Waals surface area (Å²) in [5.41, 5.74) is 1.78. The van der Waals surface area contributed by atoms with Gasteiger partial charge in [-0.15, -0.1) is 0 Å². The summed E-state index contributed by atoms with van der Waals surface area (Å²) in [4.78, 5) is 17.5. The Kier molecular flexibility index (Phi) is 7.52. The van der Waals surface area contributed by atoms with Gasteiger partial charge in [0.1, 0.15) is 12.2 Å². The molecule has 1 unspecified atom stereocenters. The molecule has 0 aliphatic heterocycles. The molecule has 1 aliphatic rings. The summed E-state index contributed by atoms with van der Waals surface area (Å²) in [5.74, 6) is -0.487. The zero-order valence-electron chi connectivity index (χ0n) is 20.7. The number of nitriles is 1. The highest BCUT2D eigenvalue weighted by atomic mass is 19.1. The number of nitrogens with zero attached hydrogens (tertiary/aromatic N) is 4. The smallest absolute Gasteiger partial charge is 0.255 e. The Balaban J connectivity index is 1.66. The van der Waals surface area contributed by atoms with Crippen molar-refractivity contribution in [2.24, 2.45) is 0 Å². The Morgan fingerprint density at radius 3 is 2.89 bits per heavy atom. The number of alkyl halides is 1. The number of amides is 1. The van der Waals surface area contributed by atoms with Gasteiger partial charge in [0.05, 0.1) is 58.2 Å². The minimum atomic E-state index is -1.62. The number of aliphatic hydroxyl groups is 1. The summed E-state index contributed by atoms with van der Waals surface area (Å²) in [5, 5.41) is 29.4. The molecule has 1 amide bonds. The average molecular weight is 495 g/mol. The number of rotatable bonds is 8. The van der Waals surface area contributed by atoms with Gasteiger partial charge in [-0.3, -0.25) is 9.78 Å². The van der Waals surface area contributed by atoms with Crippen LogP contribution >= 0.6 is 0 Å². The maximum Gasteiger partial charge on any atom is 0.255 e. The van der Waals surface area contributed by atoms with Crippen molar-refractivity contribution < 1.29 is 19.0 Å². The Hall–Kier alpha value is -3.55. The van der Waals surface area contributed by atoms with Crippen LogP contribution in [0.1, 0.15) is 55.5 Å². The van der Waals surface area contributed by atoms with E-state index in [2.05, 4.69) is 26.8 Å². The Bertz CT molecular complexity index is 1280. The maximum absolute atomic E-state index is 14.3. The number of hydrogen-bond donors (Lipinski definition) is 3. The SMILES string of the molecule is CO[C@@H]1CCC[C@H](Nc2cc(-c3ccc4cc(C#N)cnn34)ncc2C(=O)NCC(F)C(C)(C)O)C1. The zero-order chi connectivity index (χ0) is 25.9. The van der Waals surface area contributed by atoms with Crippen molar-refractivity contribution in [2.45, 2.75) is 63.4 Å². The molecular weight excluding hydrogens is 463 g/mol. The zero-order valence-corrected chi connectivity index (χ0v) is 20.7. The van der Waals surface area contributed by atoms with E-state index in [-0.39, 0.29) is 24.3 Å². The Labute approximate surface area is 209 Å². The van der Waals surface area contributed by atoms with Gasteiger partial charge in [-0.05, 0) is 63.8 Å². The third-order valence-corrected chi connectivity index (χ3v) is 6.57. The van der Waals surface area contributed by atoms with Gasteiger partial charge in [0.15, 0.2) is 0 Å². The number of halogens is 1. The van der Waals surface area contributed by atoms with Crippen molar-refractivity contribution in [1.29, 1.82) is 5.26 Å². The third kappa shape index (κ3) is 5.64. The fourth-order valence-electron chi connectivity index (χ4n) is 4.39. The van der Waals surface area contributed by atoms with Crippen molar-refractivity contribution in [3.63, 3.8) is 0 Å². The first-order valence-corrected chi connectivity index (χ1v) is 12.0. The second-order valence-electron chi connectivity index (χ2n) is 9.72. The molecule has 3 aromatic rings. The van der Waals surface area contributed by atoms with Gasteiger partial charge < -0.3 is 20.5 Å². The molecule has 4 rings (SSSR count). The predicted molar refractivity (Wildman–Crippen MR) is 133 cm³/mol. The number of carbonyl (C=O) groups excluding carboxylic acids is 1. The van der Waals surface area contributed by atoms with E-state index in [0.29, 0.717) is 22.6 Å². The molecule has 0 saturated heterocycles. The lowest BCUT2D eigenvalue weighted by atomic mass is 9.92. The number of pyridine rings is 1. The number of ether oxygens (including phenoxy) is 1. The fraction of sp³-hybridized carbons (Fsp3) is 0.462. The van der Waals surface area contributed by atoms with Crippen LogP contribution in [0.2, 0.25) is 0 Å². The van der Waals surface area contributed by atoms with E-state index in [1.54, 1.807) is 23.8 Å². The molecular formula is C26H31FN6O3. The largest absolute Gasteiger partial charge is 0.387 e. The molecule has 0 bridgehead atoms. The first kappa shape index (κ1) is 25.5. The van der Waals surface area contributed by atoms with Crippen LogP contribution in [0.4, 0.5) is 10.1 Å². The Morgan fingerprint density at radius 1 is 1.36 bits per heavy atom. The summed E-state index contributed by atoms with van der Waals surface area (Å²) >= 11 is 0. The quantitative estimate of drug-likeness (QED) is 0.438. The van der Waals surface area contributed by atoms with E-state index < -0.39 is 17.7 Å². The van der Waals surface area contributed by atoms with Crippen LogP contribution in [-0.2, 0) is 4.74 Å². The molecule has 3 aromatic heterocycles. The van der Waals surface area contributed by atoms with Gasteiger partial charge in [0.2, 0.25) is 0 Å². The minimum absolute atomic E-state index is 0.0937. The van der Waals surface area contributed by atoms with Crippen molar-refractivity contribution in [3.8, 4) is 17.5 Å². The van der Waals surface area contributed by atoms with Crippen molar-refractivity contribution in [1.82, 2.24) is 19.9 Å². The van der Waals surface area contributed by atoms with Gasteiger partial charge in [-0.25, -0.2) is 8.91 Å². The third-order valence-electron chi connectivity index (χ3n) is 6.57. The highest BCUT2D eigenvalue weighted by molar-refractivity contribution is 6.00. The van der Waals surface area contributed by atoms with Crippen molar-refractivity contribution >= 4 is 17.1 Å². The molecule has 190 valence electrons. The lowest BCUT2D eigenvalue weighted by molar-refractivity contribution is -0.00177. The number of hydrogen-bond acceptors (Lipinski definition) is 7. The number of fused-ring (bicyclic) bond motifs is 1. The van der Waals surface area contributed by atoms with Crippen molar-refractivity contribution in [3.05, 3.63) is 47.8 Å². The predicted octanol–water partition coefficient (Wildman–Crippen LogP) is 3.48. The van der Waals surface area contributed by atoms with E-state index in [9.17, 15) is 14.3 Å². The molecule has 1 fully saturated rings. The molecule has 0 aromatic carbocycles. The molecule has 3 atom stereocenters. The van der Waals surface area contributed by atoms with E-state index in [4.69, 9.17) is 10.00 Å². The summed E-state index contributed by atoms with van der Waals surface area (Å²) in [6.45, 7) is 2.39. The fourth-order valence-corrected chi connectivity index (χ4v) is 4.39. The first-order chi connectivity index (χ1) is 17.2. The number of nitrogens with one attached hydrogen (secondary N) is 2. The van der Waals surface area contributed by atoms with Gasteiger partial charge in [0, 0.05) is 19.3 Å². The summed E-state index contributed by atoms with van der Waals surface area (Å²) < 4.78 is 21.5. The lowest BCUT2D eigenvalue weighted by Gasteiger charge is -2.30. The highest BCUT2D eigenvalue weighted by Gasteiger charge is 2.28. The van der Waals surface area contributed by atoms with Gasteiger partial charge in [-0.1, -0.05) is 0 Å². The molecule has 10 heteroatoms. The number of methoxy groups -OCH3 is 1. The van der Waals surface area contributed by atoms with Crippen LogP contribution in [0.25, 0.3) is 16.9 Å². The Morgan fingerprint density at radius 2 is 2.17 bits per heavy atom. The standard InChI is InChI=1S/C26H31FN6O3/c1-26(2,35)24(27)15-30-25(34)20-14-29-22(11-21(20)32-17-5-4-6-19(10-17)36-3)23-8-7-18-9-16(12-28)13-31-33(18)23/h7-9,11,13-14,17,19,24,35H,4-6,10,15H2,1-3H3,(H,29,32)(H,30,34)/t17-,19+,24?/m0/s1. The topological polar surface area (TPSA) is 125 Å². The second kappa shape index (κ2) is 10.6. The number of anilines is 1. The van der Waals surface area contributed by atoms with E-state index in [0.717, 1.165) is 31.2 Å². The molecule has 3 N–H and O–H groups in total.